The summed E-state index contributed by atoms with van der Waals surface area (Å²) in [5.41, 5.74) is 1.15. The Balaban J connectivity index is 2.26. The largest absolute Gasteiger partial charge is 0.370 e. The second kappa shape index (κ2) is 6.54. The van der Waals surface area contributed by atoms with Crippen LogP contribution in [0.5, 0.6) is 0 Å². The first-order chi connectivity index (χ1) is 10.0. The molecule has 0 aliphatic carbocycles. The Kier molecular flexibility index (Phi) is 4.75. The Labute approximate surface area is 127 Å². The number of pyridine rings is 1. The van der Waals surface area contributed by atoms with Crippen molar-refractivity contribution in [2.75, 3.05) is 17.2 Å². The minimum absolute atomic E-state index is 0.0351. The van der Waals surface area contributed by atoms with Gasteiger partial charge in [-0.2, -0.15) is 0 Å². The number of aromatic nitrogens is 1. The Morgan fingerprint density at radius 2 is 2.14 bits per heavy atom. The fraction of sp³-hybridized carbons (Fsp3) is 0.200. The zero-order valence-corrected chi connectivity index (χ0v) is 12.5. The Hall–Kier alpha value is -2.14. The fourth-order valence-electron chi connectivity index (χ4n) is 1.87. The summed E-state index contributed by atoms with van der Waals surface area (Å²) >= 11 is 5.69. The molecule has 0 fully saturated rings. The molecule has 110 valence electrons. The van der Waals surface area contributed by atoms with Gasteiger partial charge in [0.25, 0.3) is 5.91 Å². The second-order valence-electron chi connectivity index (χ2n) is 4.47. The molecule has 0 unspecified atom stereocenters. The van der Waals surface area contributed by atoms with Crippen LogP contribution in [-0.2, 0) is 0 Å². The van der Waals surface area contributed by atoms with Gasteiger partial charge in [0.05, 0.1) is 10.7 Å². The molecule has 6 heteroatoms. The van der Waals surface area contributed by atoms with E-state index < -0.39 is 11.7 Å². The number of carbonyl (C=O) groups excluding carboxylic acids is 1. The maximum Gasteiger partial charge on any atom is 0.255 e. The van der Waals surface area contributed by atoms with Crippen molar-refractivity contribution in [1.82, 2.24) is 4.98 Å². The molecule has 1 aromatic carbocycles. The lowest BCUT2D eigenvalue weighted by Crippen LogP contribution is -2.14. The standard InChI is InChI=1S/C15H15ClFN3O/c1-3-18-13-8-10(7-9(2)19-13)15(21)20-12-6-4-5-11(16)14(12)17/h4-8H,3H2,1-2H3,(H,18,19)(H,20,21). The number of nitrogens with one attached hydrogen (secondary N) is 2. The lowest BCUT2D eigenvalue weighted by atomic mass is 10.2. The quantitative estimate of drug-likeness (QED) is 0.901. The van der Waals surface area contributed by atoms with Gasteiger partial charge in [0, 0.05) is 17.8 Å². The fourth-order valence-corrected chi connectivity index (χ4v) is 2.04. The highest BCUT2D eigenvalue weighted by atomic mass is 35.5. The molecule has 2 rings (SSSR count). The van der Waals surface area contributed by atoms with E-state index in [2.05, 4.69) is 15.6 Å². The van der Waals surface area contributed by atoms with Crippen molar-refractivity contribution in [2.24, 2.45) is 0 Å². The van der Waals surface area contributed by atoms with E-state index in [1.165, 1.54) is 12.1 Å². The molecule has 0 aliphatic heterocycles. The number of halogens is 2. The van der Waals surface area contributed by atoms with E-state index in [0.717, 1.165) is 0 Å². The zero-order valence-electron chi connectivity index (χ0n) is 11.7. The molecule has 21 heavy (non-hydrogen) atoms. The SMILES string of the molecule is CCNc1cc(C(=O)Nc2cccc(Cl)c2F)cc(C)n1. The van der Waals surface area contributed by atoms with Crippen molar-refractivity contribution in [1.29, 1.82) is 0 Å². The molecule has 0 radical (unpaired) electrons. The lowest BCUT2D eigenvalue weighted by molar-refractivity contribution is 0.102. The first-order valence-electron chi connectivity index (χ1n) is 6.49. The van der Waals surface area contributed by atoms with Crippen molar-refractivity contribution in [3.05, 3.63) is 52.4 Å². The van der Waals surface area contributed by atoms with Crippen molar-refractivity contribution >= 4 is 29.0 Å². The van der Waals surface area contributed by atoms with E-state index >= 15 is 0 Å². The molecule has 0 atom stereocenters. The van der Waals surface area contributed by atoms with Gasteiger partial charge in [-0.1, -0.05) is 17.7 Å². The monoisotopic (exact) mass is 307 g/mol. The number of carbonyl (C=O) groups is 1. The number of rotatable bonds is 4. The maximum atomic E-state index is 13.8. The Bertz CT molecular complexity index is 676. The number of hydrogen-bond donors (Lipinski definition) is 2. The van der Waals surface area contributed by atoms with E-state index in [0.29, 0.717) is 23.6 Å². The molecular weight excluding hydrogens is 293 g/mol. The van der Waals surface area contributed by atoms with Crippen LogP contribution in [-0.4, -0.2) is 17.4 Å². The van der Waals surface area contributed by atoms with Crippen LogP contribution in [0.15, 0.2) is 30.3 Å². The highest BCUT2D eigenvalue weighted by molar-refractivity contribution is 6.31. The molecule has 1 heterocycles. The molecule has 2 aromatic rings. The normalized spacial score (nSPS) is 10.3. The molecular formula is C15H15ClFN3O. The smallest absolute Gasteiger partial charge is 0.255 e. The van der Waals surface area contributed by atoms with E-state index in [9.17, 15) is 9.18 Å². The number of nitrogens with zero attached hydrogens (tertiary/aromatic N) is 1. The molecule has 2 N–H and O–H groups in total. The summed E-state index contributed by atoms with van der Waals surface area (Å²) in [6, 6.07) is 7.71. The average molecular weight is 308 g/mol. The molecule has 4 nitrogen and oxygen atoms in total. The maximum absolute atomic E-state index is 13.8. The van der Waals surface area contributed by atoms with Gasteiger partial charge in [-0.15, -0.1) is 0 Å². The summed E-state index contributed by atoms with van der Waals surface area (Å²) in [6.07, 6.45) is 0. The lowest BCUT2D eigenvalue weighted by Gasteiger charge is -2.10. The molecule has 1 aromatic heterocycles. The predicted octanol–water partition coefficient (Wildman–Crippen LogP) is 3.87. The third-order valence-electron chi connectivity index (χ3n) is 2.77. The molecule has 0 saturated carbocycles. The molecule has 0 bridgehead atoms. The summed E-state index contributed by atoms with van der Waals surface area (Å²) in [4.78, 5) is 16.5. The van der Waals surface area contributed by atoms with Crippen LogP contribution in [0.25, 0.3) is 0 Å². The van der Waals surface area contributed by atoms with E-state index in [4.69, 9.17) is 11.6 Å². The van der Waals surface area contributed by atoms with E-state index in [1.807, 2.05) is 6.92 Å². The van der Waals surface area contributed by atoms with Gasteiger partial charge >= 0.3 is 0 Å². The van der Waals surface area contributed by atoms with Gasteiger partial charge in [0.15, 0.2) is 5.82 Å². The number of amides is 1. The van der Waals surface area contributed by atoms with Crippen LogP contribution >= 0.6 is 11.6 Å². The van der Waals surface area contributed by atoms with Crippen LogP contribution in [0.3, 0.4) is 0 Å². The highest BCUT2D eigenvalue weighted by Gasteiger charge is 2.12. The molecule has 0 aliphatic rings. The van der Waals surface area contributed by atoms with Gasteiger partial charge in [0.1, 0.15) is 5.82 Å². The van der Waals surface area contributed by atoms with Crippen molar-refractivity contribution < 1.29 is 9.18 Å². The van der Waals surface area contributed by atoms with Crippen molar-refractivity contribution in [3.8, 4) is 0 Å². The third-order valence-corrected chi connectivity index (χ3v) is 3.07. The topological polar surface area (TPSA) is 54.0 Å². The van der Waals surface area contributed by atoms with Crippen LogP contribution in [0.1, 0.15) is 23.0 Å². The number of hydrogen-bond acceptors (Lipinski definition) is 3. The molecule has 0 spiro atoms. The summed E-state index contributed by atoms with van der Waals surface area (Å²) in [5.74, 6) is -0.458. The van der Waals surface area contributed by atoms with Gasteiger partial charge in [-0.3, -0.25) is 4.79 Å². The minimum atomic E-state index is -0.648. The summed E-state index contributed by atoms with van der Waals surface area (Å²) < 4.78 is 13.8. The van der Waals surface area contributed by atoms with Crippen LogP contribution < -0.4 is 10.6 Å². The first-order valence-corrected chi connectivity index (χ1v) is 6.87. The van der Waals surface area contributed by atoms with Crippen LogP contribution in [0, 0.1) is 12.7 Å². The first kappa shape index (κ1) is 15.3. The molecule has 1 amide bonds. The van der Waals surface area contributed by atoms with E-state index in [-0.39, 0.29) is 10.7 Å². The van der Waals surface area contributed by atoms with Crippen molar-refractivity contribution in [2.45, 2.75) is 13.8 Å². The summed E-state index contributed by atoms with van der Waals surface area (Å²) in [6.45, 7) is 4.42. The molecule has 0 saturated heterocycles. The van der Waals surface area contributed by atoms with Gasteiger partial charge < -0.3 is 10.6 Å². The highest BCUT2D eigenvalue weighted by Crippen LogP contribution is 2.22. The number of aryl methyl sites for hydroxylation is 1. The summed E-state index contributed by atoms with van der Waals surface area (Å²) in [7, 11) is 0. The van der Waals surface area contributed by atoms with Crippen molar-refractivity contribution in [3.63, 3.8) is 0 Å². The zero-order chi connectivity index (χ0) is 15.4. The Morgan fingerprint density at radius 1 is 1.38 bits per heavy atom. The van der Waals surface area contributed by atoms with Crippen LogP contribution in [0.2, 0.25) is 5.02 Å². The summed E-state index contributed by atoms with van der Waals surface area (Å²) in [5, 5.41) is 5.52. The second-order valence-corrected chi connectivity index (χ2v) is 4.88. The predicted molar refractivity (Wildman–Crippen MR) is 82.5 cm³/mol. The minimum Gasteiger partial charge on any atom is -0.370 e. The average Bonchev–Trinajstić information content (AvgIpc) is 2.43. The van der Waals surface area contributed by atoms with Gasteiger partial charge in [-0.25, -0.2) is 9.37 Å². The number of anilines is 2. The third kappa shape index (κ3) is 3.70. The van der Waals surface area contributed by atoms with E-state index in [1.54, 1.807) is 25.1 Å². The van der Waals surface area contributed by atoms with Gasteiger partial charge in [-0.05, 0) is 38.1 Å². The Morgan fingerprint density at radius 3 is 2.86 bits per heavy atom. The van der Waals surface area contributed by atoms with Crippen LogP contribution in [0.4, 0.5) is 15.9 Å². The van der Waals surface area contributed by atoms with Gasteiger partial charge in [0.2, 0.25) is 0 Å². The number of benzene rings is 1.